The standard InChI is InChI=1S/C27H43BrO2/c1-17(6-11-24(30)25(2,3)28)21-9-10-22-20-8-7-18-16-19(29)12-14-26(18,4)23(20)13-15-27(21,22)5/h7,17,19-23,29H,6,8-16H2,1-5H3/t17-,19+,20+,21-,22+,23+,26+,27-/m1/s1. The second kappa shape index (κ2) is 8.01. The Kier molecular flexibility index (Phi) is 6.15. The van der Waals surface area contributed by atoms with E-state index < -0.39 is 0 Å². The molecule has 0 aromatic carbocycles. The highest BCUT2D eigenvalue weighted by atomic mass is 79.9. The van der Waals surface area contributed by atoms with Crippen molar-refractivity contribution < 1.29 is 9.90 Å². The van der Waals surface area contributed by atoms with E-state index in [1.54, 1.807) is 5.57 Å². The summed E-state index contributed by atoms with van der Waals surface area (Å²) < 4.78 is -0.387. The average Bonchev–Trinajstić information content (AvgIpc) is 3.03. The van der Waals surface area contributed by atoms with E-state index in [-0.39, 0.29) is 10.4 Å². The van der Waals surface area contributed by atoms with Crippen LogP contribution in [0.5, 0.6) is 0 Å². The van der Waals surface area contributed by atoms with E-state index in [1.807, 2.05) is 13.8 Å². The fourth-order valence-corrected chi connectivity index (χ4v) is 8.67. The van der Waals surface area contributed by atoms with Crippen molar-refractivity contribution in [2.24, 2.45) is 40.4 Å². The molecule has 170 valence electrons. The maximum atomic E-state index is 12.5. The minimum absolute atomic E-state index is 0.112. The van der Waals surface area contributed by atoms with E-state index in [4.69, 9.17) is 0 Å². The topological polar surface area (TPSA) is 37.3 Å². The molecule has 0 spiro atoms. The molecule has 0 bridgehead atoms. The lowest BCUT2D eigenvalue weighted by molar-refractivity contribution is -0.121. The minimum Gasteiger partial charge on any atom is -0.393 e. The highest BCUT2D eigenvalue weighted by Gasteiger charge is 2.59. The van der Waals surface area contributed by atoms with Crippen LogP contribution in [0.3, 0.4) is 0 Å². The van der Waals surface area contributed by atoms with Crippen LogP contribution in [0.2, 0.25) is 0 Å². The summed E-state index contributed by atoms with van der Waals surface area (Å²) in [6.45, 7) is 11.5. The third-order valence-corrected chi connectivity index (χ3v) is 10.8. The first-order valence-electron chi connectivity index (χ1n) is 12.6. The number of Topliss-reactive ketones (excluding diaryl/α,β-unsaturated/α-hetero) is 1. The van der Waals surface area contributed by atoms with E-state index >= 15 is 0 Å². The second-order valence-electron chi connectivity index (χ2n) is 12.3. The van der Waals surface area contributed by atoms with Crippen LogP contribution in [0.25, 0.3) is 0 Å². The Bertz CT molecular complexity index is 706. The summed E-state index contributed by atoms with van der Waals surface area (Å²) in [6, 6.07) is 0. The number of carbonyl (C=O) groups excluding carboxylic acids is 1. The molecule has 0 heterocycles. The van der Waals surface area contributed by atoms with Gasteiger partial charge in [0.25, 0.3) is 0 Å². The molecule has 0 amide bonds. The number of halogens is 1. The van der Waals surface area contributed by atoms with Crippen LogP contribution < -0.4 is 0 Å². The lowest BCUT2D eigenvalue weighted by Crippen LogP contribution is -2.50. The number of aliphatic hydroxyl groups is 1. The van der Waals surface area contributed by atoms with Gasteiger partial charge in [-0.3, -0.25) is 4.79 Å². The Morgan fingerprint density at radius 1 is 1.20 bits per heavy atom. The third kappa shape index (κ3) is 3.78. The van der Waals surface area contributed by atoms with Crippen LogP contribution in [0.4, 0.5) is 0 Å². The number of hydrogen-bond donors (Lipinski definition) is 1. The Morgan fingerprint density at radius 2 is 1.93 bits per heavy atom. The molecule has 4 aliphatic rings. The van der Waals surface area contributed by atoms with Gasteiger partial charge in [-0.05, 0) is 112 Å². The third-order valence-electron chi connectivity index (χ3n) is 10.3. The average molecular weight is 480 g/mol. The molecule has 8 atom stereocenters. The van der Waals surface area contributed by atoms with Crippen molar-refractivity contribution in [1.82, 2.24) is 0 Å². The van der Waals surface area contributed by atoms with E-state index in [0.29, 0.717) is 29.0 Å². The molecule has 0 aromatic rings. The molecule has 2 nitrogen and oxygen atoms in total. The molecule has 0 radical (unpaired) electrons. The quantitative estimate of drug-likeness (QED) is 0.338. The SMILES string of the molecule is C[C@H](CCC(=O)C(C)(C)Br)[C@H]1CC[C@H]2[C@@H]3CC=C4C[C@@H](O)CC[C@]4(C)[C@H]3CC[C@]12C. The maximum absolute atomic E-state index is 12.5. The maximum Gasteiger partial charge on any atom is 0.148 e. The molecule has 3 saturated carbocycles. The summed E-state index contributed by atoms with van der Waals surface area (Å²) in [4.78, 5) is 12.5. The van der Waals surface area contributed by atoms with Gasteiger partial charge in [0.05, 0.1) is 10.4 Å². The fourth-order valence-electron chi connectivity index (χ4n) is 8.47. The highest BCUT2D eigenvalue weighted by Crippen LogP contribution is 2.67. The van der Waals surface area contributed by atoms with Crippen molar-refractivity contribution in [3.8, 4) is 0 Å². The molecule has 0 saturated heterocycles. The normalized spacial score (nSPS) is 44.5. The van der Waals surface area contributed by atoms with Gasteiger partial charge in [-0.15, -0.1) is 0 Å². The van der Waals surface area contributed by atoms with Crippen molar-refractivity contribution in [2.75, 3.05) is 0 Å². The van der Waals surface area contributed by atoms with E-state index in [1.165, 1.54) is 38.5 Å². The second-order valence-corrected chi connectivity index (χ2v) is 14.3. The van der Waals surface area contributed by atoms with Crippen LogP contribution in [0.15, 0.2) is 11.6 Å². The van der Waals surface area contributed by atoms with Crippen molar-refractivity contribution in [3.63, 3.8) is 0 Å². The Balaban J connectivity index is 1.48. The molecule has 3 heteroatoms. The monoisotopic (exact) mass is 478 g/mol. The van der Waals surface area contributed by atoms with Gasteiger partial charge >= 0.3 is 0 Å². The summed E-state index contributed by atoms with van der Waals surface area (Å²) in [5.74, 6) is 4.22. The van der Waals surface area contributed by atoms with Crippen molar-refractivity contribution in [3.05, 3.63) is 11.6 Å². The number of alkyl halides is 1. The van der Waals surface area contributed by atoms with Gasteiger partial charge in [-0.1, -0.05) is 48.4 Å². The van der Waals surface area contributed by atoms with Crippen LogP contribution in [0, 0.1) is 40.4 Å². The van der Waals surface area contributed by atoms with Crippen LogP contribution in [-0.2, 0) is 4.79 Å². The molecular weight excluding hydrogens is 436 g/mol. The smallest absolute Gasteiger partial charge is 0.148 e. The number of hydrogen-bond acceptors (Lipinski definition) is 2. The first-order valence-corrected chi connectivity index (χ1v) is 13.4. The van der Waals surface area contributed by atoms with E-state index in [2.05, 4.69) is 42.8 Å². The molecule has 3 fully saturated rings. The predicted molar refractivity (Wildman–Crippen MR) is 128 cm³/mol. The van der Waals surface area contributed by atoms with Gasteiger partial charge in [0.2, 0.25) is 0 Å². The first kappa shape index (κ1) is 23.0. The Labute approximate surface area is 192 Å². The molecule has 0 aromatic heterocycles. The van der Waals surface area contributed by atoms with Gasteiger partial charge in [0.1, 0.15) is 5.78 Å². The lowest BCUT2D eigenvalue weighted by Gasteiger charge is -2.58. The zero-order valence-electron chi connectivity index (χ0n) is 19.8. The summed E-state index contributed by atoms with van der Waals surface area (Å²) in [5.41, 5.74) is 2.36. The highest BCUT2D eigenvalue weighted by molar-refractivity contribution is 9.10. The molecule has 4 aliphatic carbocycles. The Hall–Kier alpha value is -0.150. The number of allylic oxidation sites excluding steroid dienone is 1. The summed E-state index contributed by atoms with van der Waals surface area (Å²) in [6.07, 6.45) is 13.9. The van der Waals surface area contributed by atoms with Crippen molar-refractivity contribution in [2.45, 2.75) is 109 Å². The van der Waals surface area contributed by atoms with E-state index in [0.717, 1.165) is 42.9 Å². The van der Waals surface area contributed by atoms with Gasteiger partial charge < -0.3 is 5.11 Å². The fraction of sp³-hybridized carbons (Fsp3) is 0.889. The summed E-state index contributed by atoms with van der Waals surface area (Å²) >= 11 is 3.55. The zero-order valence-corrected chi connectivity index (χ0v) is 21.4. The molecule has 4 rings (SSSR count). The van der Waals surface area contributed by atoms with Crippen molar-refractivity contribution >= 4 is 21.7 Å². The number of carbonyl (C=O) groups is 1. The van der Waals surface area contributed by atoms with Crippen LogP contribution in [-0.4, -0.2) is 21.3 Å². The molecule has 1 N–H and O–H groups in total. The van der Waals surface area contributed by atoms with Crippen LogP contribution >= 0.6 is 15.9 Å². The van der Waals surface area contributed by atoms with E-state index in [9.17, 15) is 9.90 Å². The molecule has 0 unspecified atom stereocenters. The van der Waals surface area contributed by atoms with Crippen molar-refractivity contribution in [1.29, 1.82) is 0 Å². The lowest BCUT2D eigenvalue weighted by atomic mass is 9.47. The van der Waals surface area contributed by atoms with Gasteiger partial charge in [0.15, 0.2) is 0 Å². The molecule has 30 heavy (non-hydrogen) atoms. The van der Waals surface area contributed by atoms with Gasteiger partial charge in [-0.25, -0.2) is 0 Å². The zero-order chi connectivity index (χ0) is 21.9. The largest absolute Gasteiger partial charge is 0.393 e. The Morgan fingerprint density at radius 3 is 2.63 bits per heavy atom. The van der Waals surface area contributed by atoms with Gasteiger partial charge in [-0.2, -0.15) is 0 Å². The first-order chi connectivity index (χ1) is 14.0. The predicted octanol–water partition coefficient (Wildman–Crippen LogP) is 7.09. The number of rotatable bonds is 5. The number of aliphatic hydroxyl groups excluding tert-OH is 1. The number of ketones is 1. The van der Waals surface area contributed by atoms with Gasteiger partial charge in [0, 0.05) is 6.42 Å². The summed E-state index contributed by atoms with van der Waals surface area (Å²) in [7, 11) is 0. The molecular formula is C27H43BrO2. The summed E-state index contributed by atoms with van der Waals surface area (Å²) in [5, 5.41) is 10.2. The minimum atomic E-state index is -0.387. The van der Waals surface area contributed by atoms with Crippen LogP contribution in [0.1, 0.15) is 98.8 Å². The molecule has 0 aliphatic heterocycles. The number of fused-ring (bicyclic) bond motifs is 5.